The lowest BCUT2D eigenvalue weighted by Crippen LogP contribution is -2.22. The molecule has 0 aliphatic carbocycles. The first-order valence-electron chi connectivity index (χ1n) is 7.88. The van der Waals surface area contributed by atoms with Gasteiger partial charge in [-0.1, -0.05) is 24.3 Å². The van der Waals surface area contributed by atoms with Crippen LogP contribution in [-0.4, -0.2) is 32.0 Å². The number of para-hydroxylation sites is 1. The van der Waals surface area contributed by atoms with Gasteiger partial charge in [0.05, 0.1) is 11.3 Å². The highest BCUT2D eigenvalue weighted by molar-refractivity contribution is 5.93. The average molecular weight is 390 g/mol. The van der Waals surface area contributed by atoms with Crippen molar-refractivity contribution in [2.75, 3.05) is 5.32 Å². The number of nitrogens with two attached hydrogens (primary N) is 1. The molecule has 8 nitrogen and oxygen atoms in total. The number of alkyl halides is 3. The summed E-state index contributed by atoms with van der Waals surface area (Å²) in [5.41, 5.74) is 4.68. The van der Waals surface area contributed by atoms with Gasteiger partial charge in [0.25, 0.3) is 0 Å². The molecule has 1 heterocycles. The number of carbonyl (C=O) groups is 2. The van der Waals surface area contributed by atoms with Gasteiger partial charge in [0.2, 0.25) is 17.6 Å². The van der Waals surface area contributed by atoms with Crippen LogP contribution < -0.4 is 11.1 Å². The molecule has 3 N–H and O–H groups in total. The summed E-state index contributed by atoms with van der Waals surface area (Å²) in [4.78, 5) is 24.1. The molecule has 0 unspecified atom stereocenters. The molecule has 3 rings (SSSR count). The molecule has 0 aliphatic rings. The van der Waals surface area contributed by atoms with Crippen molar-refractivity contribution in [3.63, 3.8) is 0 Å². The minimum atomic E-state index is -4.60. The van der Waals surface area contributed by atoms with Gasteiger partial charge < -0.3 is 11.1 Å². The van der Waals surface area contributed by atoms with Crippen molar-refractivity contribution >= 4 is 17.5 Å². The smallest absolute Gasteiger partial charge is 0.366 e. The van der Waals surface area contributed by atoms with Crippen molar-refractivity contribution in [1.29, 1.82) is 0 Å². The number of nitrogens with zero attached hydrogens (tertiary/aromatic N) is 4. The number of aromatic nitrogens is 4. The van der Waals surface area contributed by atoms with Crippen LogP contribution in [0.15, 0.2) is 48.5 Å². The molecule has 28 heavy (non-hydrogen) atoms. The molecule has 0 spiro atoms. The monoisotopic (exact) mass is 390 g/mol. The molecule has 2 aromatic carbocycles. The quantitative estimate of drug-likeness (QED) is 0.692. The van der Waals surface area contributed by atoms with Crippen LogP contribution in [0.25, 0.3) is 11.4 Å². The number of amides is 2. The Morgan fingerprint density at radius 2 is 1.75 bits per heavy atom. The standard InChI is InChI=1S/C17H13F3N6O2/c18-17(19,20)12-3-1-2-4-13(12)22-14(27)9-26-24-16(23-25-26)11-7-5-10(6-8-11)15(21)28/h1-8H,9H2,(H2,21,28)(H,22,27). The number of hydrogen-bond donors (Lipinski definition) is 2. The topological polar surface area (TPSA) is 116 Å². The van der Waals surface area contributed by atoms with Crippen LogP contribution >= 0.6 is 0 Å². The summed E-state index contributed by atoms with van der Waals surface area (Å²) in [6, 6.07) is 10.7. The third kappa shape index (κ3) is 4.31. The molecule has 3 aromatic rings. The van der Waals surface area contributed by atoms with Crippen molar-refractivity contribution in [3.8, 4) is 11.4 Å². The largest absolute Gasteiger partial charge is 0.418 e. The first-order valence-corrected chi connectivity index (χ1v) is 7.88. The molecule has 0 aliphatic heterocycles. The summed E-state index contributed by atoms with van der Waals surface area (Å²) >= 11 is 0. The highest BCUT2D eigenvalue weighted by atomic mass is 19.4. The second-order valence-corrected chi connectivity index (χ2v) is 5.68. The van der Waals surface area contributed by atoms with Crippen molar-refractivity contribution in [1.82, 2.24) is 20.2 Å². The summed E-state index contributed by atoms with van der Waals surface area (Å²) in [6.07, 6.45) is -4.60. The van der Waals surface area contributed by atoms with E-state index >= 15 is 0 Å². The maximum atomic E-state index is 13.0. The van der Waals surface area contributed by atoms with Gasteiger partial charge in [-0.2, -0.15) is 18.0 Å². The van der Waals surface area contributed by atoms with E-state index in [-0.39, 0.29) is 11.5 Å². The van der Waals surface area contributed by atoms with Crippen LogP contribution in [0, 0.1) is 0 Å². The van der Waals surface area contributed by atoms with Crippen molar-refractivity contribution in [3.05, 3.63) is 59.7 Å². The highest BCUT2D eigenvalue weighted by Gasteiger charge is 2.33. The molecule has 0 radical (unpaired) electrons. The number of hydrogen-bond acceptors (Lipinski definition) is 5. The summed E-state index contributed by atoms with van der Waals surface area (Å²) in [5, 5.41) is 13.7. The van der Waals surface area contributed by atoms with E-state index in [1.54, 1.807) is 12.1 Å². The average Bonchev–Trinajstić information content (AvgIpc) is 3.09. The number of nitrogens with one attached hydrogen (secondary N) is 1. The van der Waals surface area contributed by atoms with E-state index < -0.39 is 30.1 Å². The van der Waals surface area contributed by atoms with E-state index in [0.29, 0.717) is 11.1 Å². The summed E-state index contributed by atoms with van der Waals surface area (Å²) in [5.74, 6) is -1.15. The Morgan fingerprint density at radius 3 is 2.39 bits per heavy atom. The van der Waals surface area contributed by atoms with Crippen LogP contribution in [0.3, 0.4) is 0 Å². The van der Waals surface area contributed by atoms with Gasteiger partial charge >= 0.3 is 6.18 Å². The van der Waals surface area contributed by atoms with Crippen LogP contribution in [-0.2, 0) is 17.5 Å². The predicted molar refractivity (Wildman–Crippen MR) is 91.8 cm³/mol. The molecule has 11 heteroatoms. The number of carbonyl (C=O) groups excluding carboxylic acids is 2. The summed E-state index contributed by atoms with van der Waals surface area (Å²) < 4.78 is 38.9. The van der Waals surface area contributed by atoms with Gasteiger partial charge in [0.15, 0.2) is 0 Å². The number of tetrazole rings is 1. The second-order valence-electron chi connectivity index (χ2n) is 5.68. The van der Waals surface area contributed by atoms with E-state index in [9.17, 15) is 22.8 Å². The number of rotatable bonds is 5. The van der Waals surface area contributed by atoms with Gasteiger partial charge in [-0.3, -0.25) is 9.59 Å². The molecule has 144 valence electrons. The summed E-state index contributed by atoms with van der Waals surface area (Å²) in [6.45, 7) is -0.432. The van der Waals surface area contributed by atoms with Gasteiger partial charge in [-0.15, -0.1) is 10.2 Å². The van der Waals surface area contributed by atoms with Gasteiger partial charge in [0, 0.05) is 11.1 Å². The van der Waals surface area contributed by atoms with E-state index in [1.165, 1.54) is 24.3 Å². The molecular formula is C17H13F3N6O2. The Kier molecular flexibility index (Phi) is 5.07. The molecule has 0 atom stereocenters. The predicted octanol–water partition coefficient (Wildman–Crippen LogP) is 2.10. The van der Waals surface area contributed by atoms with Gasteiger partial charge in [0.1, 0.15) is 6.54 Å². The van der Waals surface area contributed by atoms with E-state index in [0.717, 1.165) is 16.9 Å². The number of benzene rings is 2. The molecular weight excluding hydrogens is 377 g/mol. The third-order valence-corrected chi connectivity index (χ3v) is 3.67. The Morgan fingerprint density at radius 1 is 1.07 bits per heavy atom. The van der Waals surface area contributed by atoms with Crippen molar-refractivity contribution in [2.24, 2.45) is 5.73 Å². The van der Waals surface area contributed by atoms with Crippen LogP contribution in [0.4, 0.5) is 18.9 Å². The molecule has 1 aromatic heterocycles. The fraction of sp³-hybridized carbons (Fsp3) is 0.118. The lowest BCUT2D eigenvalue weighted by atomic mass is 10.1. The minimum absolute atomic E-state index is 0.180. The maximum Gasteiger partial charge on any atom is 0.418 e. The Bertz CT molecular complexity index is 1010. The van der Waals surface area contributed by atoms with Gasteiger partial charge in [-0.05, 0) is 29.5 Å². The van der Waals surface area contributed by atoms with Crippen molar-refractivity contribution in [2.45, 2.75) is 12.7 Å². The van der Waals surface area contributed by atoms with Crippen LogP contribution in [0.2, 0.25) is 0 Å². The Balaban J connectivity index is 1.70. The molecule has 0 saturated carbocycles. The van der Waals surface area contributed by atoms with Crippen LogP contribution in [0.1, 0.15) is 15.9 Å². The maximum absolute atomic E-state index is 13.0. The zero-order chi connectivity index (χ0) is 20.3. The normalized spacial score (nSPS) is 11.2. The number of halogens is 3. The zero-order valence-electron chi connectivity index (χ0n) is 14.1. The zero-order valence-corrected chi connectivity index (χ0v) is 14.1. The minimum Gasteiger partial charge on any atom is -0.366 e. The SMILES string of the molecule is NC(=O)c1ccc(-c2nnn(CC(=O)Nc3ccccc3C(F)(F)F)n2)cc1. The lowest BCUT2D eigenvalue weighted by molar-refractivity contribution is -0.137. The fourth-order valence-corrected chi connectivity index (χ4v) is 2.37. The van der Waals surface area contributed by atoms with Crippen molar-refractivity contribution < 1.29 is 22.8 Å². The molecule has 2 amide bonds. The Labute approximate surface area is 156 Å². The first-order chi connectivity index (χ1) is 13.2. The lowest BCUT2D eigenvalue weighted by Gasteiger charge is -2.13. The molecule has 0 bridgehead atoms. The van der Waals surface area contributed by atoms with E-state index in [2.05, 4.69) is 20.7 Å². The van der Waals surface area contributed by atoms with Crippen LogP contribution in [0.5, 0.6) is 0 Å². The molecule has 0 saturated heterocycles. The number of anilines is 1. The Hall–Kier alpha value is -3.76. The second kappa shape index (κ2) is 7.47. The summed E-state index contributed by atoms with van der Waals surface area (Å²) in [7, 11) is 0. The molecule has 0 fully saturated rings. The van der Waals surface area contributed by atoms with E-state index in [1.807, 2.05) is 0 Å². The highest BCUT2D eigenvalue weighted by Crippen LogP contribution is 2.34. The fourth-order valence-electron chi connectivity index (χ4n) is 2.37. The third-order valence-electron chi connectivity index (χ3n) is 3.67. The number of primary amides is 1. The van der Waals surface area contributed by atoms with Gasteiger partial charge in [-0.25, -0.2) is 0 Å². The van der Waals surface area contributed by atoms with E-state index in [4.69, 9.17) is 5.73 Å². The first kappa shape index (κ1) is 19.0.